The number of hydrogen-bond donors (Lipinski definition) is 2. The van der Waals surface area contributed by atoms with Crippen molar-refractivity contribution in [1.82, 2.24) is 0 Å². The second kappa shape index (κ2) is 5.89. The van der Waals surface area contributed by atoms with Gasteiger partial charge in [-0.3, -0.25) is 0 Å². The smallest absolute Gasteiger partial charge is 0.125 e. The zero-order valence-electron chi connectivity index (χ0n) is 9.29. The molecule has 0 bridgehead atoms. The monoisotopic (exact) mass is 304 g/mol. The van der Waals surface area contributed by atoms with Gasteiger partial charge in [0.15, 0.2) is 0 Å². The van der Waals surface area contributed by atoms with E-state index in [1.165, 1.54) is 29.5 Å². The summed E-state index contributed by atoms with van der Waals surface area (Å²) in [5.41, 5.74) is 6.24. The standard InChI is InChI=1S/C12H11Cl2FN2S/c13-7-3-12(18-6-7)11(5-16)17-10-4-8(15)1-2-9(10)14/h1-4,6,11,17H,5,16H2. The lowest BCUT2D eigenvalue weighted by atomic mass is 10.2. The summed E-state index contributed by atoms with van der Waals surface area (Å²) >= 11 is 13.4. The van der Waals surface area contributed by atoms with Crippen molar-refractivity contribution in [2.24, 2.45) is 5.73 Å². The Morgan fingerprint density at radius 3 is 2.72 bits per heavy atom. The van der Waals surface area contributed by atoms with E-state index >= 15 is 0 Å². The molecule has 1 aromatic heterocycles. The number of rotatable bonds is 4. The highest BCUT2D eigenvalue weighted by Gasteiger charge is 2.13. The van der Waals surface area contributed by atoms with Gasteiger partial charge in [0.25, 0.3) is 0 Å². The Bertz CT molecular complexity index is 545. The number of benzene rings is 1. The van der Waals surface area contributed by atoms with E-state index in [9.17, 15) is 4.39 Å². The van der Waals surface area contributed by atoms with Crippen LogP contribution in [0.3, 0.4) is 0 Å². The number of nitrogens with two attached hydrogens (primary N) is 1. The molecule has 0 aliphatic carbocycles. The molecule has 1 heterocycles. The number of hydrogen-bond acceptors (Lipinski definition) is 3. The Hall–Kier alpha value is -0.810. The van der Waals surface area contributed by atoms with E-state index in [1.807, 2.05) is 11.4 Å². The summed E-state index contributed by atoms with van der Waals surface area (Å²) in [7, 11) is 0. The Balaban J connectivity index is 2.22. The fourth-order valence-electron chi connectivity index (χ4n) is 1.55. The van der Waals surface area contributed by atoms with Gasteiger partial charge in [-0.25, -0.2) is 4.39 Å². The molecule has 0 aliphatic rings. The Morgan fingerprint density at radius 1 is 1.33 bits per heavy atom. The van der Waals surface area contributed by atoms with Crippen LogP contribution in [0, 0.1) is 5.82 Å². The summed E-state index contributed by atoms with van der Waals surface area (Å²) in [6.45, 7) is 0.365. The molecular formula is C12H11Cl2FN2S. The predicted octanol–water partition coefficient (Wildman–Crippen LogP) is 4.31. The van der Waals surface area contributed by atoms with Crippen molar-refractivity contribution in [2.45, 2.75) is 6.04 Å². The summed E-state index contributed by atoms with van der Waals surface area (Å²) in [6, 6.07) is 5.87. The van der Waals surface area contributed by atoms with E-state index in [2.05, 4.69) is 5.32 Å². The van der Waals surface area contributed by atoms with Gasteiger partial charge in [0.05, 0.1) is 21.8 Å². The Labute approximate surface area is 119 Å². The lowest BCUT2D eigenvalue weighted by Gasteiger charge is -2.17. The van der Waals surface area contributed by atoms with Crippen LogP contribution in [0.25, 0.3) is 0 Å². The minimum atomic E-state index is -0.345. The second-order valence-electron chi connectivity index (χ2n) is 3.72. The molecular weight excluding hydrogens is 294 g/mol. The van der Waals surface area contributed by atoms with Crippen LogP contribution in [0.15, 0.2) is 29.6 Å². The van der Waals surface area contributed by atoms with Gasteiger partial charge in [-0.15, -0.1) is 11.3 Å². The van der Waals surface area contributed by atoms with Crippen LogP contribution in [0.4, 0.5) is 10.1 Å². The highest BCUT2D eigenvalue weighted by molar-refractivity contribution is 7.10. The molecule has 0 saturated heterocycles. The van der Waals surface area contributed by atoms with E-state index in [-0.39, 0.29) is 11.9 Å². The molecule has 96 valence electrons. The average Bonchev–Trinajstić information content (AvgIpc) is 2.77. The molecule has 6 heteroatoms. The molecule has 1 unspecified atom stereocenters. The topological polar surface area (TPSA) is 38.0 Å². The van der Waals surface area contributed by atoms with Gasteiger partial charge in [-0.05, 0) is 24.3 Å². The maximum atomic E-state index is 13.2. The van der Waals surface area contributed by atoms with Crippen molar-refractivity contribution < 1.29 is 4.39 Å². The van der Waals surface area contributed by atoms with Crippen molar-refractivity contribution in [3.05, 3.63) is 50.4 Å². The van der Waals surface area contributed by atoms with Crippen molar-refractivity contribution in [3.63, 3.8) is 0 Å². The van der Waals surface area contributed by atoms with Crippen LogP contribution in [0.2, 0.25) is 10.0 Å². The summed E-state index contributed by atoms with van der Waals surface area (Å²) in [5.74, 6) is -0.345. The predicted molar refractivity (Wildman–Crippen MR) is 76.2 cm³/mol. The molecule has 2 aromatic rings. The van der Waals surface area contributed by atoms with Crippen molar-refractivity contribution >= 4 is 40.2 Å². The molecule has 0 aliphatic heterocycles. The molecule has 0 amide bonds. The number of anilines is 1. The van der Waals surface area contributed by atoms with E-state index < -0.39 is 0 Å². The van der Waals surface area contributed by atoms with Gasteiger partial charge >= 0.3 is 0 Å². The van der Waals surface area contributed by atoms with Crippen LogP contribution in [0.5, 0.6) is 0 Å². The van der Waals surface area contributed by atoms with Crippen LogP contribution in [-0.2, 0) is 0 Å². The minimum Gasteiger partial charge on any atom is -0.375 e. The molecule has 0 spiro atoms. The first kappa shape index (κ1) is 13.6. The summed E-state index contributed by atoms with van der Waals surface area (Å²) < 4.78 is 13.2. The third-order valence-corrected chi connectivity index (χ3v) is 4.15. The first-order valence-corrected chi connectivity index (χ1v) is 6.89. The van der Waals surface area contributed by atoms with E-state index in [0.29, 0.717) is 22.3 Å². The second-order valence-corrected chi connectivity index (χ2v) is 5.51. The normalized spacial score (nSPS) is 12.4. The molecule has 2 rings (SSSR count). The molecule has 0 radical (unpaired) electrons. The van der Waals surface area contributed by atoms with E-state index in [4.69, 9.17) is 28.9 Å². The largest absolute Gasteiger partial charge is 0.375 e. The van der Waals surface area contributed by atoms with Crippen LogP contribution < -0.4 is 11.1 Å². The third-order valence-electron chi connectivity index (χ3n) is 2.43. The molecule has 0 fully saturated rings. The fraction of sp³-hybridized carbons (Fsp3) is 0.167. The molecule has 18 heavy (non-hydrogen) atoms. The minimum absolute atomic E-state index is 0.137. The van der Waals surface area contributed by atoms with Gasteiger partial charge < -0.3 is 11.1 Å². The van der Waals surface area contributed by atoms with Crippen molar-refractivity contribution in [3.8, 4) is 0 Å². The fourth-order valence-corrected chi connectivity index (χ4v) is 2.87. The lowest BCUT2D eigenvalue weighted by molar-refractivity contribution is 0.627. The van der Waals surface area contributed by atoms with Crippen molar-refractivity contribution in [1.29, 1.82) is 0 Å². The number of thiophene rings is 1. The maximum absolute atomic E-state index is 13.2. The zero-order chi connectivity index (χ0) is 13.1. The first-order chi connectivity index (χ1) is 8.60. The Kier molecular flexibility index (Phi) is 4.45. The summed E-state index contributed by atoms with van der Waals surface area (Å²) in [4.78, 5) is 0.989. The van der Waals surface area contributed by atoms with Crippen LogP contribution in [0.1, 0.15) is 10.9 Å². The highest BCUT2D eigenvalue weighted by atomic mass is 35.5. The van der Waals surface area contributed by atoms with Gasteiger partial charge in [-0.1, -0.05) is 23.2 Å². The molecule has 1 atom stereocenters. The van der Waals surface area contributed by atoms with Gasteiger partial charge in [0, 0.05) is 16.8 Å². The third kappa shape index (κ3) is 3.14. The van der Waals surface area contributed by atoms with E-state index in [1.54, 1.807) is 0 Å². The lowest BCUT2D eigenvalue weighted by Crippen LogP contribution is -2.19. The van der Waals surface area contributed by atoms with Gasteiger partial charge in [0.2, 0.25) is 0 Å². The van der Waals surface area contributed by atoms with Gasteiger partial charge in [-0.2, -0.15) is 0 Å². The SMILES string of the molecule is NCC(Nc1cc(F)ccc1Cl)c1cc(Cl)cs1. The molecule has 3 N–H and O–H groups in total. The Morgan fingerprint density at radius 2 is 2.11 bits per heavy atom. The average molecular weight is 305 g/mol. The van der Waals surface area contributed by atoms with Crippen molar-refractivity contribution in [2.75, 3.05) is 11.9 Å². The molecule has 0 saturated carbocycles. The highest BCUT2D eigenvalue weighted by Crippen LogP contribution is 2.30. The number of halogens is 3. The number of nitrogens with one attached hydrogen (secondary N) is 1. The summed E-state index contributed by atoms with van der Waals surface area (Å²) in [6.07, 6.45) is 0. The first-order valence-electron chi connectivity index (χ1n) is 5.25. The zero-order valence-corrected chi connectivity index (χ0v) is 11.6. The molecule has 2 nitrogen and oxygen atoms in total. The summed E-state index contributed by atoms with van der Waals surface area (Å²) in [5, 5.41) is 6.07. The molecule has 1 aromatic carbocycles. The quantitative estimate of drug-likeness (QED) is 0.883. The van der Waals surface area contributed by atoms with Crippen LogP contribution >= 0.6 is 34.5 Å². The van der Waals surface area contributed by atoms with Crippen LogP contribution in [-0.4, -0.2) is 6.54 Å². The van der Waals surface area contributed by atoms with E-state index in [0.717, 1.165) is 4.88 Å². The maximum Gasteiger partial charge on any atom is 0.125 e. The van der Waals surface area contributed by atoms with Gasteiger partial charge in [0.1, 0.15) is 5.82 Å².